The van der Waals surface area contributed by atoms with Crippen LogP contribution in [0.5, 0.6) is 5.75 Å². The highest BCUT2D eigenvalue weighted by molar-refractivity contribution is 5.89. The zero-order valence-electron chi connectivity index (χ0n) is 23.5. The minimum absolute atomic E-state index is 0.0295. The summed E-state index contributed by atoms with van der Waals surface area (Å²) in [6.45, 7) is 11.8. The molecule has 0 radical (unpaired) electrons. The Kier molecular flexibility index (Phi) is 7.64. The number of fused-ring (bicyclic) bond motifs is 3. The quantitative estimate of drug-likeness (QED) is 0.456. The van der Waals surface area contributed by atoms with E-state index in [1.54, 1.807) is 26.3 Å². The van der Waals surface area contributed by atoms with Gasteiger partial charge in [-0.1, -0.05) is 20.8 Å². The van der Waals surface area contributed by atoms with Gasteiger partial charge in [-0.05, 0) is 42.9 Å². The van der Waals surface area contributed by atoms with Crippen molar-refractivity contribution < 1.29 is 19.0 Å². The fourth-order valence-electron chi connectivity index (χ4n) is 5.55. The highest BCUT2D eigenvalue weighted by Crippen LogP contribution is 2.45. The predicted octanol–water partition coefficient (Wildman–Crippen LogP) is 4.09. The Hall–Kier alpha value is -3.43. The van der Waals surface area contributed by atoms with Gasteiger partial charge in [0, 0.05) is 60.8 Å². The molecule has 1 aromatic carbocycles. The largest absolute Gasteiger partial charge is 0.496 e. The van der Waals surface area contributed by atoms with Crippen molar-refractivity contribution in [2.45, 2.75) is 59.2 Å². The first-order chi connectivity index (χ1) is 18.7. The Bertz CT molecular complexity index is 1410. The minimum Gasteiger partial charge on any atom is -0.496 e. The molecule has 2 aromatic heterocycles. The van der Waals surface area contributed by atoms with Gasteiger partial charge in [-0.25, -0.2) is 4.79 Å². The second-order valence-corrected chi connectivity index (χ2v) is 11.3. The monoisotopic (exact) mass is 534 g/mol. The molecule has 4 heterocycles. The summed E-state index contributed by atoms with van der Waals surface area (Å²) in [5.74, 6) is 0.114. The third-order valence-electron chi connectivity index (χ3n) is 7.65. The number of nitrogens with one attached hydrogen (secondary N) is 1. The van der Waals surface area contributed by atoms with Gasteiger partial charge in [0.2, 0.25) is 0 Å². The van der Waals surface area contributed by atoms with Crippen molar-refractivity contribution in [1.82, 2.24) is 19.7 Å². The first-order valence-electron chi connectivity index (χ1n) is 13.7. The summed E-state index contributed by atoms with van der Waals surface area (Å²) in [7, 11) is 1.65. The Balaban J connectivity index is 1.52. The van der Waals surface area contributed by atoms with E-state index in [1.165, 1.54) is 0 Å². The van der Waals surface area contributed by atoms with E-state index in [0.29, 0.717) is 5.75 Å². The highest BCUT2D eigenvalue weighted by Gasteiger charge is 2.34. The van der Waals surface area contributed by atoms with Crippen molar-refractivity contribution in [2.75, 3.05) is 33.4 Å². The minimum atomic E-state index is -0.590. The molecule has 1 fully saturated rings. The number of carbonyl (C=O) groups is 1. The number of aryl methyl sites for hydroxylation is 1. The molecular formula is C30H38N4O5. The standard InChI is InChI=1S/C30H38N4O5/c1-6-38-29(36)24-18-34-25(14-26(24)35)22-13-27(37-5)23(11-19(22)12-28(34)30(2,3)4)20-15-32-33(17-20)9-7-21-16-31-8-10-39-21/h11,13-15,17-18,21,28,31H,6-10,12,16H2,1-5H3. The lowest BCUT2D eigenvalue weighted by Gasteiger charge is -2.39. The first kappa shape index (κ1) is 27.1. The van der Waals surface area contributed by atoms with Crippen molar-refractivity contribution in [3.8, 4) is 28.1 Å². The molecule has 2 aliphatic heterocycles. The SMILES string of the molecule is CCOC(=O)c1cn2c(cc1=O)-c1cc(OC)c(-c3cnn(CCC4CNCCO4)c3)cc1CC2C(C)(C)C. The molecule has 0 amide bonds. The number of methoxy groups -OCH3 is 1. The van der Waals surface area contributed by atoms with Crippen LogP contribution in [0.1, 0.15) is 56.1 Å². The van der Waals surface area contributed by atoms with E-state index in [0.717, 1.165) is 67.0 Å². The number of pyridine rings is 1. The molecule has 2 unspecified atom stereocenters. The van der Waals surface area contributed by atoms with E-state index in [-0.39, 0.29) is 35.2 Å². The molecule has 1 N–H and O–H groups in total. The van der Waals surface area contributed by atoms with Gasteiger partial charge >= 0.3 is 5.97 Å². The number of hydrogen-bond acceptors (Lipinski definition) is 7. The third-order valence-corrected chi connectivity index (χ3v) is 7.65. The lowest BCUT2D eigenvalue weighted by atomic mass is 9.78. The van der Waals surface area contributed by atoms with Crippen molar-refractivity contribution in [3.63, 3.8) is 0 Å². The number of esters is 1. The second-order valence-electron chi connectivity index (χ2n) is 11.3. The Morgan fingerprint density at radius 1 is 1.21 bits per heavy atom. The van der Waals surface area contributed by atoms with Crippen molar-refractivity contribution in [3.05, 3.63) is 58.1 Å². The summed E-state index contributed by atoms with van der Waals surface area (Å²) in [6.07, 6.45) is 7.43. The van der Waals surface area contributed by atoms with E-state index in [4.69, 9.17) is 14.2 Å². The van der Waals surface area contributed by atoms with Gasteiger partial charge in [0.05, 0.1) is 38.3 Å². The maximum absolute atomic E-state index is 13.0. The molecule has 5 rings (SSSR count). The molecule has 208 valence electrons. The second kappa shape index (κ2) is 11.0. The van der Waals surface area contributed by atoms with E-state index < -0.39 is 5.97 Å². The van der Waals surface area contributed by atoms with Gasteiger partial charge in [-0.15, -0.1) is 0 Å². The molecular weight excluding hydrogens is 496 g/mol. The predicted molar refractivity (Wildman–Crippen MR) is 149 cm³/mol. The fourth-order valence-corrected chi connectivity index (χ4v) is 5.55. The lowest BCUT2D eigenvalue weighted by Crippen LogP contribution is -2.38. The number of benzene rings is 1. The number of rotatable bonds is 7. The summed E-state index contributed by atoms with van der Waals surface area (Å²) < 4.78 is 20.8. The molecule has 0 bridgehead atoms. The average molecular weight is 535 g/mol. The number of aromatic nitrogens is 3. The van der Waals surface area contributed by atoms with Gasteiger partial charge in [0.25, 0.3) is 0 Å². The molecule has 3 aromatic rings. The molecule has 9 nitrogen and oxygen atoms in total. The normalized spacial score (nSPS) is 18.8. The van der Waals surface area contributed by atoms with Crippen LogP contribution in [0.3, 0.4) is 0 Å². The molecule has 9 heteroatoms. The Labute approximate surface area is 229 Å². The molecule has 39 heavy (non-hydrogen) atoms. The molecule has 0 saturated carbocycles. The summed E-state index contributed by atoms with van der Waals surface area (Å²) in [5.41, 5.74) is 4.35. The average Bonchev–Trinajstić information content (AvgIpc) is 3.39. The summed E-state index contributed by atoms with van der Waals surface area (Å²) in [5, 5.41) is 7.97. The van der Waals surface area contributed by atoms with Crippen LogP contribution in [-0.4, -0.2) is 59.8 Å². The summed E-state index contributed by atoms with van der Waals surface area (Å²) in [4.78, 5) is 25.5. The highest BCUT2D eigenvalue weighted by atomic mass is 16.5. The van der Waals surface area contributed by atoms with Crippen LogP contribution in [0.2, 0.25) is 0 Å². The van der Waals surface area contributed by atoms with Gasteiger partial charge in [0.15, 0.2) is 5.43 Å². The van der Waals surface area contributed by atoms with Crippen LogP contribution in [0.25, 0.3) is 22.4 Å². The van der Waals surface area contributed by atoms with Crippen LogP contribution >= 0.6 is 0 Å². The van der Waals surface area contributed by atoms with Crippen LogP contribution in [0.4, 0.5) is 0 Å². The Morgan fingerprint density at radius 3 is 2.72 bits per heavy atom. The van der Waals surface area contributed by atoms with E-state index >= 15 is 0 Å². The first-order valence-corrected chi connectivity index (χ1v) is 13.7. The van der Waals surface area contributed by atoms with Gasteiger partial charge in [0.1, 0.15) is 11.3 Å². The van der Waals surface area contributed by atoms with E-state index in [2.05, 4.69) is 48.0 Å². The van der Waals surface area contributed by atoms with Crippen LogP contribution in [-0.2, 0) is 22.4 Å². The van der Waals surface area contributed by atoms with Gasteiger partial charge in [-0.3, -0.25) is 9.48 Å². The molecule has 0 aliphatic carbocycles. The number of hydrogen-bond donors (Lipinski definition) is 1. The smallest absolute Gasteiger partial charge is 0.343 e. The zero-order valence-corrected chi connectivity index (χ0v) is 23.5. The number of nitrogens with zero attached hydrogens (tertiary/aromatic N) is 3. The molecule has 0 spiro atoms. The maximum Gasteiger partial charge on any atom is 0.343 e. The number of carbonyl (C=O) groups excluding carboxylic acids is 1. The topological polar surface area (TPSA) is 96.6 Å². The Morgan fingerprint density at radius 2 is 2.03 bits per heavy atom. The lowest BCUT2D eigenvalue weighted by molar-refractivity contribution is 0.0205. The van der Waals surface area contributed by atoms with Crippen molar-refractivity contribution in [2.24, 2.45) is 5.41 Å². The summed E-state index contributed by atoms with van der Waals surface area (Å²) in [6, 6.07) is 5.75. The number of ether oxygens (including phenoxy) is 3. The fraction of sp³-hybridized carbons (Fsp3) is 0.500. The number of morpholine rings is 1. The molecule has 2 atom stereocenters. The van der Waals surface area contributed by atoms with Crippen LogP contribution in [0, 0.1) is 5.41 Å². The zero-order chi connectivity index (χ0) is 27.7. The van der Waals surface area contributed by atoms with E-state index in [1.807, 2.05) is 16.9 Å². The van der Waals surface area contributed by atoms with Gasteiger partial charge < -0.3 is 24.1 Å². The maximum atomic E-state index is 13.0. The van der Waals surface area contributed by atoms with Gasteiger partial charge in [-0.2, -0.15) is 5.10 Å². The van der Waals surface area contributed by atoms with Crippen LogP contribution in [0.15, 0.2) is 41.6 Å². The third kappa shape index (κ3) is 5.51. The summed E-state index contributed by atoms with van der Waals surface area (Å²) >= 11 is 0. The van der Waals surface area contributed by atoms with Crippen LogP contribution < -0.4 is 15.5 Å². The molecule has 1 saturated heterocycles. The van der Waals surface area contributed by atoms with Crippen molar-refractivity contribution >= 4 is 5.97 Å². The molecule has 2 aliphatic rings. The van der Waals surface area contributed by atoms with Crippen molar-refractivity contribution in [1.29, 1.82) is 0 Å². The van der Waals surface area contributed by atoms with E-state index in [9.17, 15) is 9.59 Å².